The lowest BCUT2D eigenvalue weighted by atomic mass is 10.2. The van der Waals surface area contributed by atoms with Gasteiger partial charge in [-0.1, -0.05) is 0 Å². The van der Waals surface area contributed by atoms with Crippen molar-refractivity contribution in [3.05, 3.63) is 0 Å². The predicted molar refractivity (Wildman–Crippen MR) is 60.2 cm³/mol. The molecule has 0 aromatic rings. The van der Waals surface area contributed by atoms with Crippen LogP contribution < -0.4 is 5.32 Å². The zero-order valence-electron chi connectivity index (χ0n) is 9.58. The largest absolute Gasteiger partial charge is 0.385 e. The minimum absolute atomic E-state index is 0.287. The van der Waals surface area contributed by atoms with Crippen molar-refractivity contribution in [2.24, 2.45) is 0 Å². The quantitative estimate of drug-likeness (QED) is 0.254. The van der Waals surface area contributed by atoms with Crippen LogP contribution in [-0.2, 0) is 9.53 Å². The number of rotatable bonds is 9. The third kappa shape index (κ3) is 9.37. The van der Waals surface area contributed by atoms with Gasteiger partial charge in [0.25, 0.3) is 0 Å². The van der Waals surface area contributed by atoms with E-state index in [4.69, 9.17) is 10.1 Å². The number of amidine groups is 1. The summed E-state index contributed by atoms with van der Waals surface area (Å²) in [4.78, 5) is 12.2. The molecule has 0 atom stereocenters. The molecule has 0 bridgehead atoms. The molecule has 0 unspecified atom stereocenters. The summed E-state index contributed by atoms with van der Waals surface area (Å²) < 4.78 is 4.96. The Labute approximate surface area is 91.3 Å². The summed E-state index contributed by atoms with van der Waals surface area (Å²) in [6.07, 6.45) is 3.08. The van der Waals surface area contributed by atoms with Crippen LogP contribution in [0.4, 0.5) is 0 Å². The van der Waals surface area contributed by atoms with E-state index in [1.165, 1.54) is 0 Å². The van der Waals surface area contributed by atoms with Crippen LogP contribution in [0.15, 0.2) is 0 Å². The molecule has 15 heavy (non-hydrogen) atoms. The van der Waals surface area contributed by atoms with E-state index in [-0.39, 0.29) is 5.84 Å². The summed E-state index contributed by atoms with van der Waals surface area (Å²) in [5.74, 6) is 0.287. The number of carbonyl (C=O) groups excluding carboxylic acids is 1. The maximum absolute atomic E-state index is 10.0. The number of amides is 1. The van der Waals surface area contributed by atoms with Crippen LogP contribution in [0, 0.1) is 5.41 Å². The summed E-state index contributed by atoms with van der Waals surface area (Å²) in [6, 6.07) is 0. The maximum Gasteiger partial charge on any atom is 0.212 e. The highest BCUT2D eigenvalue weighted by atomic mass is 16.5. The Morgan fingerprint density at radius 3 is 2.73 bits per heavy atom. The minimum Gasteiger partial charge on any atom is -0.385 e. The van der Waals surface area contributed by atoms with Crippen molar-refractivity contribution in [1.29, 1.82) is 5.41 Å². The van der Waals surface area contributed by atoms with Gasteiger partial charge in [0.15, 0.2) is 0 Å². The van der Waals surface area contributed by atoms with Gasteiger partial charge in [-0.15, -0.1) is 0 Å². The predicted octanol–water partition coefficient (Wildman–Crippen LogP) is 0.458. The zero-order chi connectivity index (χ0) is 11.5. The van der Waals surface area contributed by atoms with Gasteiger partial charge >= 0.3 is 0 Å². The molecule has 1 amide bonds. The SMILES string of the molecule is COCCCN(C)CCCC(=N)NC=O. The van der Waals surface area contributed by atoms with E-state index in [2.05, 4.69) is 10.2 Å². The molecule has 0 aliphatic rings. The van der Waals surface area contributed by atoms with E-state index in [1.54, 1.807) is 7.11 Å². The number of hydrogen-bond donors (Lipinski definition) is 2. The first-order valence-electron chi connectivity index (χ1n) is 5.15. The van der Waals surface area contributed by atoms with Gasteiger partial charge in [0.1, 0.15) is 0 Å². The highest BCUT2D eigenvalue weighted by Crippen LogP contribution is 1.94. The molecule has 2 N–H and O–H groups in total. The van der Waals surface area contributed by atoms with Crippen LogP contribution >= 0.6 is 0 Å². The van der Waals surface area contributed by atoms with Gasteiger partial charge in [-0.25, -0.2) is 0 Å². The second-order valence-electron chi connectivity index (χ2n) is 3.49. The first-order valence-corrected chi connectivity index (χ1v) is 5.15. The lowest BCUT2D eigenvalue weighted by molar-refractivity contribution is -0.108. The van der Waals surface area contributed by atoms with Gasteiger partial charge in [0.05, 0.1) is 5.84 Å². The van der Waals surface area contributed by atoms with Crippen LogP contribution in [0.5, 0.6) is 0 Å². The molecule has 5 nitrogen and oxygen atoms in total. The topological polar surface area (TPSA) is 65.4 Å². The van der Waals surface area contributed by atoms with E-state index in [0.717, 1.165) is 32.5 Å². The number of carbonyl (C=O) groups is 1. The van der Waals surface area contributed by atoms with Crippen molar-refractivity contribution >= 4 is 12.2 Å². The Kier molecular flexibility index (Phi) is 9.01. The third-order valence-corrected chi connectivity index (χ3v) is 2.09. The zero-order valence-corrected chi connectivity index (χ0v) is 9.58. The molecule has 0 aliphatic carbocycles. The minimum atomic E-state index is 0.287. The molecule has 0 rings (SSSR count). The summed E-state index contributed by atoms with van der Waals surface area (Å²) in [5.41, 5.74) is 0. The van der Waals surface area contributed by atoms with E-state index in [1.807, 2.05) is 7.05 Å². The van der Waals surface area contributed by atoms with E-state index in [0.29, 0.717) is 12.8 Å². The van der Waals surface area contributed by atoms with Crippen LogP contribution in [-0.4, -0.2) is 51.0 Å². The highest BCUT2D eigenvalue weighted by molar-refractivity contribution is 5.87. The first kappa shape index (κ1) is 14.1. The molecule has 0 aliphatic heterocycles. The van der Waals surface area contributed by atoms with Crippen LogP contribution in [0.1, 0.15) is 19.3 Å². The number of nitrogens with one attached hydrogen (secondary N) is 2. The summed E-state index contributed by atoms with van der Waals surface area (Å²) in [6.45, 7) is 2.72. The van der Waals surface area contributed by atoms with Crippen LogP contribution in [0.25, 0.3) is 0 Å². The normalized spacial score (nSPS) is 10.3. The standard InChI is InChI=1S/C10H21N3O2/c1-13(7-4-8-15-2)6-3-5-10(11)12-9-14/h9H,3-8H2,1-2H3,(H2,11,12,14). The van der Waals surface area contributed by atoms with Crippen molar-refractivity contribution in [3.8, 4) is 0 Å². The Morgan fingerprint density at radius 1 is 1.47 bits per heavy atom. The van der Waals surface area contributed by atoms with E-state index < -0.39 is 0 Å². The molecule has 0 heterocycles. The Morgan fingerprint density at radius 2 is 2.13 bits per heavy atom. The molecule has 0 fully saturated rings. The van der Waals surface area contributed by atoms with Gasteiger partial charge in [-0.3, -0.25) is 10.2 Å². The maximum atomic E-state index is 10.0. The molecule has 0 aromatic heterocycles. The molecular formula is C10H21N3O2. The summed E-state index contributed by atoms with van der Waals surface area (Å²) in [5, 5.41) is 9.66. The lowest BCUT2D eigenvalue weighted by Gasteiger charge is -2.15. The van der Waals surface area contributed by atoms with Crippen molar-refractivity contribution in [3.63, 3.8) is 0 Å². The number of methoxy groups -OCH3 is 1. The molecule has 0 saturated heterocycles. The first-order chi connectivity index (χ1) is 7.20. The smallest absolute Gasteiger partial charge is 0.212 e. The lowest BCUT2D eigenvalue weighted by Crippen LogP contribution is -2.25. The fourth-order valence-electron chi connectivity index (χ4n) is 1.26. The Bertz CT molecular complexity index is 186. The number of ether oxygens (including phenoxy) is 1. The molecule has 0 saturated carbocycles. The van der Waals surface area contributed by atoms with Crippen molar-refractivity contribution in [2.75, 3.05) is 33.9 Å². The highest BCUT2D eigenvalue weighted by Gasteiger charge is 1.99. The van der Waals surface area contributed by atoms with Crippen LogP contribution in [0.2, 0.25) is 0 Å². The Hall–Kier alpha value is -0.940. The fourth-order valence-corrected chi connectivity index (χ4v) is 1.26. The average Bonchev–Trinajstić information content (AvgIpc) is 2.18. The fraction of sp³-hybridized carbons (Fsp3) is 0.800. The second kappa shape index (κ2) is 9.61. The number of nitrogens with zero attached hydrogens (tertiary/aromatic N) is 1. The van der Waals surface area contributed by atoms with Gasteiger partial charge in [-0.05, 0) is 26.4 Å². The monoisotopic (exact) mass is 215 g/mol. The Balaban J connectivity index is 3.33. The molecule has 5 heteroatoms. The average molecular weight is 215 g/mol. The van der Waals surface area contributed by atoms with Crippen molar-refractivity contribution in [1.82, 2.24) is 10.2 Å². The molecule has 88 valence electrons. The summed E-state index contributed by atoms with van der Waals surface area (Å²) in [7, 11) is 3.75. The van der Waals surface area contributed by atoms with E-state index in [9.17, 15) is 4.79 Å². The van der Waals surface area contributed by atoms with Gasteiger partial charge in [0.2, 0.25) is 6.41 Å². The molecule has 0 radical (unpaired) electrons. The van der Waals surface area contributed by atoms with E-state index >= 15 is 0 Å². The second-order valence-corrected chi connectivity index (χ2v) is 3.49. The van der Waals surface area contributed by atoms with Crippen molar-refractivity contribution in [2.45, 2.75) is 19.3 Å². The molecule has 0 aromatic carbocycles. The van der Waals surface area contributed by atoms with Crippen molar-refractivity contribution < 1.29 is 9.53 Å². The number of hydrogen-bond acceptors (Lipinski definition) is 4. The molecular weight excluding hydrogens is 194 g/mol. The molecule has 0 spiro atoms. The van der Waals surface area contributed by atoms with Gasteiger partial charge < -0.3 is 15.0 Å². The van der Waals surface area contributed by atoms with Crippen LogP contribution in [0.3, 0.4) is 0 Å². The van der Waals surface area contributed by atoms with Gasteiger partial charge in [-0.2, -0.15) is 0 Å². The summed E-state index contributed by atoms with van der Waals surface area (Å²) >= 11 is 0. The van der Waals surface area contributed by atoms with Gasteiger partial charge in [0, 0.05) is 26.7 Å². The third-order valence-electron chi connectivity index (χ3n) is 2.09.